The van der Waals surface area contributed by atoms with Crippen LogP contribution >= 0.6 is 11.6 Å². The van der Waals surface area contributed by atoms with Crippen LogP contribution in [0.2, 0.25) is 5.02 Å². The molecule has 11 nitrogen and oxygen atoms in total. The zero-order chi connectivity index (χ0) is 29.3. The van der Waals surface area contributed by atoms with Crippen LogP contribution in [-0.2, 0) is 25.2 Å². The highest BCUT2D eigenvalue weighted by Crippen LogP contribution is 2.37. The molecule has 1 unspecified atom stereocenters. The Balaban J connectivity index is 1.73. The molecule has 3 rings (SSSR count). The van der Waals surface area contributed by atoms with E-state index in [9.17, 15) is 14.4 Å². The van der Waals surface area contributed by atoms with Crippen LogP contribution in [0.15, 0.2) is 24.3 Å². The summed E-state index contributed by atoms with van der Waals surface area (Å²) in [6, 6.07) is 6.03. The minimum atomic E-state index is -0.780. The molecule has 0 aliphatic rings. The number of halogens is 1. The molecular formula is C27H38ClN7O4. The van der Waals surface area contributed by atoms with Gasteiger partial charge in [-0.2, -0.15) is 0 Å². The monoisotopic (exact) mass is 559 g/mol. The van der Waals surface area contributed by atoms with Crippen molar-refractivity contribution in [2.75, 3.05) is 11.9 Å². The minimum absolute atomic E-state index is 0.224. The number of nitrogens with zero attached hydrogens (tertiary/aromatic N) is 3. The molecule has 3 aromatic rings. The maximum absolute atomic E-state index is 13.0. The van der Waals surface area contributed by atoms with E-state index in [2.05, 4.69) is 52.0 Å². The standard InChI is InChI=1S/C27H38ClN7O4/c1-15(29-16(2)36)23(38)30-17-12-10-11-13-18(17)39-14-19(37)31-27(8,9)26(6,7)24-33-32-22-20(28)21(25(3,4)5)34-35(22)24/h10-13,15,34H,14H2,1-9H3,(H,29,36)(H,30,38)(H,31,37). The lowest BCUT2D eigenvalue weighted by molar-refractivity contribution is -0.125. The lowest BCUT2D eigenvalue weighted by Gasteiger charge is -2.40. The fraction of sp³-hybridized carbons (Fsp3) is 0.519. The average Bonchev–Trinajstić information content (AvgIpc) is 3.38. The second-order valence-corrected chi connectivity index (χ2v) is 12.1. The molecule has 0 saturated heterocycles. The number of carbonyl (C=O) groups excluding carboxylic acids is 3. The van der Waals surface area contributed by atoms with E-state index in [-0.39, 0.29) is 23.8 Å². The van der Waals surface area contributed by atoms with E-state index >= 15 is 0 Å². The van der Waals surface area contributed by atoms with Gasteiger partial charge in [0.25, 0.3) is 5.91 Å². The largest absolute Gasteiger partial charge is 0.482 e. The topological polar surface area (TPSA) is 143 Å². The number of anilines is 1. The molecule has 0 aliphatic heterocycles. The molecule has 0 fully saturated rings. The first-order valence-electron chi connectivity index (χ1n) is 12.7. The highest BCUT2D eigenvalue weighted by molar-refractivity contribution is 6.34. The lowest BCUT2D eigenvalue weighted by atomic mass is 9.73. The summed E-state index contributed by atoms with van der Waals surface area (Å²) in [5, 5.41) is 20.9. The summed E-state index contributed by atoms with van der Waals surface area (Å²) in [5.41, 5.74) is 0.0726. The number of aromatic nitrogens is 4. The Morgan fingerprint density at radius 2 is 1.72 bits per heavy atom. The number of aromatic amines is 1. The van der Waals surface area contributed by atoms with Crippen molar-refractivity contribution in [3.63, 3.8) is 0 Å². The van der Waals surface area contributed by atoms with E-state index in [1.54, 1.807) is 35.7 Å². The summed E-state index contributed by atoms with van der Waals surface area (Å²) < 4.78 is 7.54. The van der Waals surface area contributed by atoms with Crippen LogP contribution in [0.5, 0.6) is 5.75 Å². The van der Waals surface area contributed by atoms with Crippen LogP contribution in [0.3, 0.4) is 0 Å². The van der Waals surface area contributed by atoms with Crippen molar-refractivity contribution in [3.05, 3.63) is 40.8 Å². The SMILES string of the molecule is CC(=O)NC(C)C(=O)Nc1ccccc1OCC(=O)NC(C)(C)C(C)(C)c1nnc2c(Cl)c(C(C)(C)C)[nH]n12. The van der Waals surface area contributed by atoms with Crippen LogP contribution in [0.4, 0.5) is 5.69 Å². The first-order chi connectivity index (χ1) is 18.0. The summed E-state index contributed by atoms with van der Waals surface area (Å²) in [4.78, 5) is 36.7. The molecule has 39 heavy (non-hydrogen) atoms. The zero-order valence-corrected chi connectivity index (χ0v) is 24.7. The average molecular weight is 560 g/mol. The number of amides is 3. The van der Waals surface area contributed by atoms with Gasteiger partial charge in [0, 0.05) is 23.3 Å². The van der Waals surface area contributed by atoms with E-state index in [1.165, 1.54) is 6.92 Å². The van der Waals surface area contributed by atoms with Crippen LogP contribution in [0.25, 0.3) is 5.65 Å². The van der Waals surface area contributed by atoms with Crippen molar-refractivity contribution in [1.29, 1.82) is 0 Å². The summed E-state index contributed by atoms with van der Waals surface area (Å²) in [5.74, 6) is -0.149. The number of benzene rings is 1. The number of H-pyrrole nitrogens is 1. The Bertz CT molecular complexity index is 1380. The fourth-order valence-corrected chi connectivity index (χ4v) is 4.43. The number of hydrogen-bond acceptors (Lipinski definition) is 6. The van der Waals surface area contributed by atoms with Crippen molar-refractivity contribution in [2.45, 2.75) is 84.7 Å². The van der Waals surface area contributed by atoms with Gasteiger partial charge in [0.1, 0.15) is 16.8 Å². The zero-order valence-electron chi connectivity index (χ0n) is 23.9. The second kappa shape index (κ2) is 10.9. The first kappa shape index (κ1) is 29.9. The van der Waals surface area contributed by atoms with E-state index in [4.69, 9.17) is 16.3 Å². The number of carbonyl (C=O) groups is 3. The van der Waals surface area contributed by atoms with Crippen LogP contribution in [-0.4, -0.2) is 55.7 Å². The molecule has 2 heterocycles. The summed E-state index contributed by atoms with van der Waals surface area (Å²) in [7, 11) is 0. The molecule has 0 spiro atoms. The molecule has 0 radical (unpaired) electrons. The molecule has 1 atom stereocenters. The maximum Gasteiger partial charge on any atom is 0.258 e. The van der Waals surface area contributed by atoms with Gasteiger partial charge in [-0.25, -0.2) is 4.52 Å². The van der Waals surface area contributed by atoms with E-state index in [0.717, 1.165) is 5.69 Å². The van der Waals surface area contributed by atoms with Crippen LogP contribution in [0.1, 0.15) is 73.8 Å². The number of ether oxygens (including phenoxy) is 1. The highest BCUT2D eigenvalue weighted by atomic mass is 35.5. The number of nitrogens with one attached hydrogen (secondary N) is 4. The number of fused-ring (bicyclic) bond motifs is 1. The molecule has 4 N–H and O–H groups in total. The van der Waals surface area contributed by atoms with Gasteiger partial charge in [-0.3, -0.25) is 19.5 Å². The van der Waals surface area contributed by atoms with Crippen molar-refractivity contribution in [3.8, 4) is 5.75 Å². The minimum Gasteiger partial charge on any atom is -0.482 e. The number of rotatable bonds is 9. The molecule has 0 bridgehead atoms. The number of hydrogen-bond donors (Lipinski definition) is 4. The van der Waals surface area contributed by atoms with Gasteiger partial charge in [0.15, 0.2) is 18.1 Å². The molecule has 0 saturated carbocycles. The molecule has 3 amide bonds. The Labute approximate surface area is 233 Å². The van der Waals surface area contributed by atoms with E-state index in [0.29, 0.717) is 27.9 Å². The lowest BCUT2D eigenvalue weighted by Crippen LogP contribution is -2.57. The molecule has 0 aliphatic carbocycles. The Morgan fingerprint density at radius 3 is 2.33 bits per heavy atom. The predicted molar refractivity (Wildman–Crippen MR) is 150 cm³/mol. The third kappa shape index (κ3) is 6.35. The van der Waals surface area contributed by atoms with Crippen LogP contribution < -0.4 is 20.7 Å². The quantitative estimate of drug-likeness (QED) is 0.315. The Morgan fingerprint density at radius 1 is 1.08 bits per heavy atom. The second-order valence-electron chi connectivity index (χ2n) is 11.7. The fourth-order valence-electron chi connectivity index (χ4n) is 3.98. The molecular weight excluding hydrogens is 522 g/mol. The molecule has 212 valence electrons. The van der Waals surface area contributed by atoms with Gasteiger partial charge >= 0.3 is 0 Å². The maximum atomic E-state index is 13.0. The van der Waals surface area contributed by atoms with Gasteiger partial charge < -0.3 is 20.7 Å². The summed E-state index contributed by atoms with van der Waals surface area (Å²) in [6.07, 6.45) is 0. The Kier molecular flexibility index (Phi) is 8.35. The number of para-hydroxylation sites is 2. The van der Waals surface area contributed by atoms with Gasteiger partial charge in [0.05, 0.1) is 11.4 Å². The molecule has 1 aromatic carbocycles. The van der Waals surface area contributed by atoms with E-state index in [1.807, 2.05) is 27.7 Å². The third-order valence-corrected chi connectivity index (χ3v) is 7.30. The van der Waals surface area contributed by atoms with Crippen molar-refractivity contribution in [1.82, 2.24) is 30.4 Å². The van der Waals surface area contributed by atoms with Crippen LogP contribution in [0, 0.1) is 0 Å². The Hall–Kier alpha value is -3.60. The van der Waals surface area contributed by atoms with Crippen molar-refractivity contribution < 1.29 is 19.1 Å². The highest BCUT2D eigenvalue weighted by Gasteiger charge is 2.44. The van der Waals surface area contributed by atoms with Gasteiger partial charge in [0.2, 0.25) is 11.8 Å². The van der Waals surface area contributed by atoms with Gasteiger partial charge in [-0.1, -0.05) is 58.4 Å². The van der Waals surface area contributed by atoms with E-state index < -0.39 is 22.9 Å². The first-order valence-corrected chi connectivity index (χ1v) is 13.1. The normalized spacial score (nSPS) is 13.2. The summed E-state index contributed by atoms with van der Waals surface area (Å²) >= 11 is 6.60. The molecule has 12 heteroatoms. The predicted octanol–water partition coefficient (Wildman–Crippen LogP) is 3.72. The van der Waals surface area contributed by atoms with Crippen molar-refractivity contribution in [2.24, 2.45) is 0 Å². The third-order valence-electron chi connectivity index (χ3n) is 6.94. The smallest absolute Gasteiger partial charge is 0.258 e. The van der Waals surface area contributed by atoms with Gasteiger partial charge in [-0.05, 0) is 32.9 Å². The molecule has 2 aromatic heterocycles. The summed E-state index contributed by atoms with van der Waals surface area (Å²) in [6.45, 7) is 16.5. The van der Waals surface area contributed by atoms with Gasteiger partial charge in [-0.15, -0.1) is 10.2 Å². The van der Waals surface area contributed by atoms with Crippen molar-refractivity contribution >= 4 is 40.7 Å².